The monoisotopic (exact) mass is 347 g/mol. The topological polar surface area (TPSA) is 56.2 Å². The molecule has 0 spiro atoms. The smallest absolute Gasteiger partial charge is 0.406 e. The molecule has 2 aromatic carbocycles. The predicted molar refractivity (Wildman–Crippen MR) is 84.2 cm³/mol. The normalized spacial score (nSPS) is 14.3. The van der Waals surface area contributed by atoms with Crippen molar-refractivity contribution in [2.24, 2.45) is 0 Å². The van der Waals surface area contributed by atoms with E-state index in [9.17, 15) is 18.0 Å². The second-order valence-corrected chi connectivity index (χ2v) is 5.59. The van der Waals surface area contributed by atoms with Gasteiger partial charge in [-0.3, -0.25) is 4.79 Å². The van der Waals surface area contributed by atoms with Gasteiger partial charge in [0.05, 0.1) is 16.6 Å². The van der Waals surface area contributed by atoms with Gasteiger partial charge < -0.3 is 14.6 Å². The molecular formula is C17H12F3N3O2. The molecule has 3 aromatic rings. The fourth-order valence-corrected chi connectivity index (χ4v) is 3.02. The lowest BCUT2D eigenvalue weighted by molar-refractivity contribution is -0.274. The van der Waals surface area contributed by atoms with Crippen molar-refractivity contribution in [3.63, 3.8) is 0 Å². The van der Waals surface area contributed by atoms with Crippen LogP contribution in [0.15, 0.2) is 42.5 Å². The Hall–Kier alpha value is -3.03. The van der Waals surface area contributed by atoms with Gasteiger partial charge in [-0.05, 0) is 24.3 Å². The molecule has 1 aromatic heterocycles. The maximum atomic E-state index is 12.5. The Labute approximate surface area is 140 Å². The first-order valence-corrected chi connectivity index (χ1v) is 7.56. The molecule has 0 saturated heterocycles. The molecule has 0 atom stereocenters. The van der Waals surface area contributed by atoms with Crippen LogP contribution in [0, 0.1) is 0 Å². The summed E-state index contributed by atoms with van der Waals surface area (Å²) in [7, 11) is 0. The predicted octanol–water partition coefficient (Wildman–Crippen LogP) is 3.35. The molecule has 8 heteroatoms. The molecule has 0 aliphatic carbocycles. The number of nitrogens with zero attached hydrogens (tertiary/aromatic N) is 2. The number of para-hydroxylation sites is 1. The summed E-state index contributed by atoms with van der Waals surface area (Å²) in [4.78, 5) is 16.7. The number of carbonyl (C=O) groups is 1. The lowest BCUT2D eigenvalue weighted by atomic mass is 10.1. The third-order valence-electron chi connectivity index (χ3n) is 3.96. The van der Waals surface area contributed by atoms with Crippen LogP contribution in [-0.2, 0) is 6.54 Å². The van der Waals surface area contributed by atoms with E-state index < -0.39 is 6.36 Å². The zero-order valence-electron chi connectivity index (χ0n) is 12.8. The van der Waals surface area contributed by atoms with E-state index in [1.54, 1.807) is 24.3 Å². The number of halogens is 3. The average molecular weight is 347 g/mol. The molecule has 1 aliphatic heterocycles. The Bertz CT molecular complexity index is 979. The minimum absolute atomic E-state index is 0.190. The Kier molecular flexibility index (Phi) is 3.41. The number of alkyl halides is 3. The van der Waals surface area contributed by atoms with Gasteiger partial charge in [-0.1, -0.05) is 18.2 Å². The molecule has 1 aliphatic rings. The van der Waals surface area contributed by atoms with Gasteiger partial charge in [-0.25, -0.2) is 4.98 Å². The molecule has 0 radical (unpaired) electrons. The van der Waals surface area contributed by atoms with E-state index in [1.807, 2.05) is 4.57 Å². The number of rotatable bonds is 2. The van der Waals surface area contributed by atoms with Crippen molar-refractivity contribution >= 4 is 16.9 Å². The number of hydrogen-bond donors (Lipinski definition) is 1. The minimum atomic E-state index is -4.76. The lowest BCUT2D eigenvalue weighted by Crippen LogP contribution is -2.24. The van der Waals surface area contributed by atoms with Gasteiger partial charge >= 0.3 is 6.36 Å². The molecule has 2 heterocycles. The van der Waals surface area contributed by atoms with Gasteiger partial charge in [0.15, 0.2) is 0 Å². The van der Waals surface area contributed by atoms with E-state index in [0.29, 0.717) is 41.1 Å². The Morgan fingerprint density at radius 3 is 2.76 bits per heavy atom. The van der Waals surface area contributed by atoms with Crippen LogP contribution in [0.3, 0.4) is 0 Å². The van der Waals surface area contributed by atoms with Crippen LogP contribution < -0.4 is 10.1 Å². The van der Waals surface area contributed by atoms with Crippen molar-refractivity contribution in [1.29, 1.82) is 0 Å². The first-order chi connectivity index (χ1) is 11.9. The van der Waals surface area contributed by atoms with Crippen LogP contribution in [0.2, 0.25) is 0 Å². The maximum absolute atomic E-state index is 12.5. The lowest BCUT2D eigenvalue weighted by Gasteiger charge is -2.11. The highest BCUT2D eigenvalue weighted by atomic mass is 19.4. The molecule has 1 amide bonds. The van der Waals surface area contributed by atoms with Crippen LogP contribution in [0.4, 0.5) is 13.2 Å². The van der Waals surface area contributed by atoms with Gasteiger partial charge in [0.25, 0.3) is 5.91 Å². The number of ether oxygens (including phenoxy) is 1. The van der Waals surface area contributed by atoms with Crippen LogP contribution in [0.1, 0.15) is 10.4 Å². The van der Waals surface area contributed by atoms with Crippen LogP contribution >= 0.6 is 0 Å². The van der Waals surface area contributed by atoms with Crippen molar-refractivity contribution in [2.75, 3.05) is 6.54 Å². The number of aromatic nitrogens is 2. The fourth-order valence-electron chi connectivity index (χ4n) is 3.02. The zero-order chi connectivity index (χ0) is 17.6. The molecule has 1 N–H and O–H groups in total. The maximum Gasteiger partial charge on any atom is 0.573 e. The van der Waals surface area contributed by atoms with Crippen LogP contribution in [-0.4, -0.2) is 28.4 Å². The third kappa shape index (κ3) is 2.79. The summed E-state index contributed by atoms with van der Waals surface area (Å²) in [6.07, 6.45) is -4.76. The summed E-state index contributed by atoms with van der Waals surface area (Å²) >= 11 is 0. The molecule has 5 nitrogen and oxygen atoms in total. The standard InChI is InChI=1S/C17H12F3N3O2/c18-17(19,20)25-11-4-1-3-10(9-11)15-22-13-6-2-5-12-14(13)23(15)8-7-21-16(12)24/h1-6,9H,7-8H2,(H,21,24). The van der Waals surface area contributed by atoms with Crippen molar-refractivity contribution in [3.05, 3.63) is 48.0 Å². The summed E-state index contributed by atoms with van der Waals surface area (Å²) in [5, 5.41) is 2.80. The van der Waals surface area contributed by atoms with E-state index in [-0.39, 0.29) is 11.7 Å². The number of hydrogen-bond acceptors (Lipinski definition) is 3. The number of amides is 1. The molecular weight excluding hydrogens is 335 g/mol. The van der Waals surface area contributed by atoms with Gasteiger partial charge in [0.1, 0.15) is 11.6 Å². The third-order valence-corrected chi connectivity index (χ3v) is 3.96. The molecule has 0 unspecified atom stereocenters. The molecule has 25 heavy (non-hydrogen) atoms. The summed E-state index contributed by atoms with van der Waals surface area (Å²) in [6, 6.07) is 10.9. The highest BCUT2D eigenvalue weighted by molar-refractivity contribution is 6.06. The van der Waals surface area contributed by atoms with Gasteiger partial charge in [0, 0.05) is 18.7 Å². The van der Waals surface area contributed by atoms with E-state index in [1.165, 1.54) is 18.2 Å². The van der Waals surface area contributed by atoms with E-state index in [2.05, 4.69) is 15.0 Å². The number of imidazole rings is 1. The minimum Gasteiger partial charge on any atom is -0.406 e. The second-order valence-electron chi connectivity index (χ2n) is 5.59. The summed E-state index contributed by atoms with van der Waals surface area (Å²) in [5.41, 5.74) is 2.27. The number of nitrogens with one attached hydrogen (secondary N) is 1. The summed E-state index contributed by atoms with van der Waals surface area (Å²) < 4.78 is 43.2. The highest BCUT2D eigenvalue weighted by Gasteiger charge is 2.31. The summed E-state index contributed by atoms with van der Waals surface area (Å²) in [5.74, 6) is -0.00978. The van der Waals surface area contributed by atoms with Crippen LogP contribution in [0.5, 0.6) is 5.75 Å². The van der Waals surface area contributed by atoms with Crippen LogP contribution in [0.25, 0.3) is 22.4 Å². The quantitative estimate of drug-likeness (QED) is 0.774. The van der Waals surface area contributed by atoms with Crippen molar-refractivity contribution in [3.8, 4) is 17.1 Å². The molecule has 4 rings (SSSR count). The Balaban J connectivity index is 1.88. The number of benzene rings is 2. The van der Waals surface area contributed by atoms with E-state index in [4.69, 9.17) is 0 Å². The molecule has 128 valence electrons. The first kappa shape index (κ1) is 15.5. The van der Waals surface area contributed by atoms with Gasteiger partial charge in [0.2, 0.25) is 0 Å². The zero-order valence-corrected chi connectivity index (χ0v) is 12.8. The van der Waals surface area contributed by atoms with Crippen molar-refractivity contribution in [1.82, 2.24) is 14.9 Å². The Morgan fingerprint density at radius 1 is 1.16 bits per heavy atom. The largest absolute Gasteiger partial charge is 0.573 e. The second kappa shape index (κ2) is 5.51. The average Bonchev–Trinajstić information content (AvgIpc) is 2.83. The van der Waals surface area contributed by atoms with E-state index >= 15 is 0 Å². The molecule has 0 bridgehead atoms. The first-order valence-electron chi connectivity index (χ1n) is 7.56. The summed E-state index contributed by atoms with van der Waals surface area (Å²) in [6.45, 7) is 0.879. The molecule has 0 fully saturated rings. The Morgan fingerprint density at radius 2 is 1.96 bits per heavy atom. The molecule has 0 saturated carbocycles. The highest BCUT2D eigenvalue weighted by Crippen LogP contribution is 2.31. The van der Waals surface area contributed by atoms with Gasteiger partial charge in [-0.15, -0.1) is 13.2 Å². The van der Waals surface area contributed by atoms with Crippen molar-refractivity contribution < 1.29 is 22.7 Å². The number of carbonyl (C=O) groups excluding carboxylic acids is 1. The van der Waals surface area contributed by atoms with E-state index in [0.717, 1.165) is 0 Å². The van der Waals surface area contributed by atoms with Crippen molar-refractivity contribution in [2.45, 2.75) is 12.9 Å². The SMILES string of the molecule is O=C1NCCn2c(-c3cccc(OC(F)(F)F)c3)nc3cccc1c32. The fraction of sp³-hybridized carbons (Fsp3) is 0.176. The van der Waals surface area contributed by atoms with Gasteiger partial charge in [-0.2, -0.15) is 0 Å².